The molecular weight excluding hydrogens is 452 g/mol. The molecule has 0 spiro atoms. The van der Waals surface area contributed by atoms with Crippen LogP contribution in [0.4, 0.5) is 5.69 Å². The first-order valence-electron chi connectivity index (χ1n) is 10.4. The Hall–Kier alpha value is -2.29. The maximum atomic E-state index is 13.7. The van der Waals surface area contributed by atoms with Gasteiger partial charge in [0.1, 0.15) is 17.2 Å². The minimum absolute atomic E-state index is 0.0187. The van der Waals surface area contributed by atoms with E-state index in [1.807, 2.05) is 20.8 Å². The Morgan fingerprint density at radius 2 is 1.88 bits per heavy atom. The van der Waals surface area contributed by atoms with Gasteiger partial charge in [-0.3, -0.25) is 9.10 Å². The Morgan fingerprint density at radius 1 is 1.16 bits per heavy atom. The molecule has 0 aliphatic rings. The van der Waals surface area contributed by atoms with Crippen LogP contribution < -0.4 is 14.4 Å². The van der Waals surface area contributed by atoms with Gasteiger partial charge in [-0.15, -0.1) is 0 Å². The summed E-state index contributed by atoms with van der Waals surface area (Å²) in [4.78, 5) is 12.6. The Labute approximate surface area is 195 Å². The summed E-state index contributed by atoms with van der Waals surface area (Å²) in [5.41, 5.74) is 1.85. The van der Waals surface area contributed by atoms with E-state index in [4.69, 9.17) is 21.1 Å². The van der Waals surface area contributed by atoms with Crippen LogP contribution >= 0.6 is 11.6 Å². The van der Waals surface area contributed by atoms with Gasteiger partial charge in [0.15, 0.2) is 0 Å². The van der Waals surface area contributed by atoms with E-state index in [0.29, 0.717) is 30.3 Å². The number of nitrogens with zero attached hydrogens (tertiary/aromatic N) is 1. The second-order valence-corrected chi connectivity index (χ2v) is 9.96. The molecule has 1 amide bonds. The third-order valence-electron chi connectivity index (χ3n) is 4.71. The van der Waals surface area contributed by atoms with Gasteiger partial charge in [-0.2, -0.15) is 0 Å². The number of ether oxygens (including phenoxy) is 2. The zero-order chi connectivity index (χ0) is 23.9. The molecular formula is C23H31ClN2O5S. The fraction of sp³-hybridized carbons (Fsp3) is 0.435. The standard InChI is InChI=1S/C23H31ClN2O5S/c1-16(2)31-12-6-11-25-23(27)15-26(19-9-8-18(4)20(24)14-19)32(28,29)22-13-17(3)7-10-21(22)30-5/h7-10,13-14,16H,6,11-12,15H2,1-5H3,(H,25,27). The maximum absolute atomic E-state index is 13.7. The van der Waals surface area contributed by atoms with Gasteiger partial charge in [0.05, 0.1) is 18.9 Å². The first kappa shape index (κ1) is 26.0. The summed E-state index contributed by atoms with van der Waals surface area (Å²) in [5, 5.41) is 3.16. The molecule has 1 N–H and O–H groups in total. The zero-order valence-electron chi connectivity index (χ0n) is 19.1. The van der Waals surface area contributed by atoms with Crippen LogP contribution in [0.1, 0.15) is 31.4 Å². The SMILES string of the molecule is COc1ccc(C)cc1S(=O)(=O)N(CC(=O)NCCCOC(C)C)c1ccc(C)c(Cl)c1. The highest BCUT2D eigenvalue weighted by molar-refractivity contribution is 7.93. The van der Waals surface area contributed by atoms with Gasteiger partial charge in [-0.25, -0.2) is 8.42 Å². The predicted molar refractivity (Wildman–Crippen MR) is 127 cm³/mol. The van der Waals surface area contributed by atoms with Crippen molar-refractivity contribution in [3.63, 3.8) is 0 Å². The number of carbonyl (C=O) groups is 1. The highest BCUT2D eigenvalue weighted by Crippen LogP contribution is 2.32. The Kier molecular flexibility index (Phi) is 9.36. The van der Waals surface area contributed by atoms with E-state index in [0.717, 1.165) is 15.4 Å². The molecule has 0 saturated heterocycles. The Balaban J connectivity index is 2.34. The molecule has 0 unspecified atom stereocenters. The van der Waals surface area contributed by atoms with Crippen LogP contribution in [-0.2, 0) is 19.6 Å². The van der Waals surface area contributed by atoms with Gasteiger partial charge in [0.2, 0.25) is 5.91 Å². The van der Waals surface area contributed by atoms with Gasteiger partial charge in [-0.05, 0) is 69.5 Å². The molecule has 0 fully saturated rings. The summed E-state index contributed by atoms with van der Waals surface area (Å²) in [6.45, 7) is 7.97. The number of nitrogens with one attached hydrogen (secondary N) is 1. The normalized spacial score (nSPS) is 11.5. The summed E-state index contributed by atoms with van der Waals surface area (Å²) < 4.78 is 39.1. The Morgan fingerprint density at radius 3 is 2.50 bits per heavy atom. The highest BCUT2D eigenvalue weighted by Gasteiger charge is 2.30. The summed E-state index contributed by atoms with van der Waals surface area (Å²) in [6.07, 6.45) is 0.737. The predicted octanol–water partition coefficient (Wildman–Crippen LogP) is 4.09. The molecule has 2 aromatic rings. The van der Waals surface area contributed by atoms with Crippen molar-refractivity contribution in [2.75, 3.05) is 31.1 Å². The molecule has 7 nitrogen and oxygen atoms in total. The fourth-order valence-corrected chi connectivity index (χ4v) is 4.79. The van der Waals surface area contributed by atoms with Gasteiger partial charge in [0, 0.05) is 18.2 Å². The molecule has 0 aliphatic heterocycles. The monoisotopic (exact) mass is 482 g/mol. The lowest BCUT2D eigenvalue weighted by Crippen LogP contribution is -2.41. The largest absolute Gasteiger partial charge is 0.495 e. The summed E-state index contributed by atoms with van der Waals surface area (Å²) in [7, 11) is -2.72. The fourth-order valence-electron chi connectivity index (χ4n) is 2.96. The van der Waals surface area contributed by atoms with E-state index in [1.54, 1.807) is 37.3 Å². The average molecular weight is 483 g/mol. The number of carbonyl (C=O) groups excluding carboxylic acids is 1. The van der Waals surface area contributed by atoms with Crippen LogP contribution in [0, 0.1) is 13.8 Å². The van der Waals surface area contributed by atoms with Crippen molar-refractivity contribution in [3.8, 4) is 5.75 Å². The van der Waals surface area contributed by atoms with Crippen molar-refractivity contribution in [1.82, 2.24) is 5.32 Å². The van der Waals surface area contributed by atoms with Gasteiger partial charge in [0.25, 0.3) is 10.0 Å². The van der Waals surface area contributed by atoms with E-state index >= 15 is 0 Å². The smallest absolute Gasteiger partial charge is 0.268 e. The van der Waals surface area contributed by atoms with Crippen LogP contribution in [0.25, 0.3) is 0 Å². The first-order valence-corrected chi connectivity index (χ1v) is 12.2. The minimum atomic E-state index is -4.13. The van der Waals surface area contributed by atoms with Crippen LogP contribution in [0.2, 0.25) is 5.02 Å². The van der Waals surface area contributed by atoms with Crippen LogP contribution in [0.15, 0.2) is 41.3 Å². The lowest BCUT2D eigenvalue weighted by molar-refractivity contribution is -0.119. The second kappa shape index (κ2) is 11.5. The van der Waals surface area contributed by atoms with Gasteiger partial charge >= 0.3 is 0 Å². The number of amides is 1. The van der Waals surface area contributed by atoms with E-state index in [9.17, 15) is 13.2 Å². The van der Waals surface area contributed by atoms with Gasteiger partial charge < -0.3 is 14.8 Å². The van der Waals surface area contributed by atoms with Crippen molar-refractivity contribution >= 4 is 33.2 Å². The highest BCUT2D eigenvalue weighted by atomic mass is 35.5. The third-order valence-corrected chi connectivity index (χ3v) is 6.91. The van der Waals surface area contributed by atoms with Crippen molar-refractivity contribution < 1.29 is 22.7 Å². The molecule has 176 valence electrons. The summed E-state index contributed by atoms with van der Waals surface area (Å²) >= 11 is 6.26. The zero-order valence-corrected chi connectivity index (χ0v) is 20.7. The van der Waals surface area contributed by atoms with E-state index < -0.39 is 22.5 Å². The summed E-state index contributed by atoms with van der Waals surface area (Å²) in [6, 6.07) is 9.77. The number of sulfonamides is 1. The molecule has 0 atom stereocenters. The number of hydrogen-bond acceptors (Lipinski definition) is 5. The number of hydrogen-bond donors (Lipinski definition) is 1. The molecule has 0 aliphatic carbocycles. The van der Waals surface area contributed by atoms with E-state index in [-0.39, 0.29) is 16.7 Å². The number of halogens is 1. The molecule has 2 rings (SSSR count). The maximum Gasteiger partial charge on any atom is 0.268 e. The van der Waals surface area contributed by atoms with Crippen molar-refractivity contribution in [3.05, 3.63) is 52.5 Å². The molecule has 0 radical (unpaired) electrons. The first-order chi connectivity index (χ1) is 15.1. The number of anilines is 1. The van der Waals surface area contributed by atoms with Crippen LogP contribution in [0.5, 0.6) is 5.75 Å². The molecule has 0 bridgehead atoms. The molecule has 2 aromatic carbocycles. The average Bonchev–Trinajstić information content (AvgIpc) is 2.73. The van der Waals surface area contributed by atoms with Crippen LogP contribution in [-0.4, -0.2) is 47.2 Å². The molecule has 0 saturated carbocycles. The van der Waals surface area contributed by atoms with E-state index in [1.165, 1.54) is 13.2 Å². The number of methoxy groups -OCH3 is 1. The Bertz CT molecular complexity index is 1040. The van der Waals surface area contributed by atoms with E-state index in [2.05, 4.69) is 5.32 Å². The number of benzene rings is 2. The van der Waals surface area contributed by atoms with Gasteiger partial charge in [-0.1, -0.05) is 23.7 Å². The number of aryl methyl sites for hydroxylation is 2. The summed E-state index contributed by atoms with van der Waals surface area (Å²) in [5.74, 6) is -0.230. The lowest BCUT2D eigenvalue weighted by atomic mass is 10.2. The molecule has 0 aromatic heterocycles. The van der Waals surface area contributed by atoms with Crippen LogP contribution in [0.3, 0.4) is 0 Å². The second-order valence-electron chi connectivity index (χ2n) is 7.72. The quantitative estimate of drug-likeness (QED) is 0.487. The van der Waals surface area contributed by atoms with Crippen molar-refractivity contribution in [1.29, 1.82) is 0 Å². The lowest BCUT2D eigenvalue weighted by Gasteiger charge is -2.25. The molecule has 0 heterocycles. The molecule has 9 heteroatoms. The minimum Gasteiger partial charge on any atom is -0.495 e. The third kappa shape index (κ3) is 6.85. The van der Waals surface area contributed by atoms with Crippen molar-refractivity contribution in [2.24, 2.45) is 0 Å². The number of rotatable bonds is 11. The molecule has 32 heavy (non-hydrogen) atoms. The van der Waals surface area contributed by atoms with Crippen molar-refractivity contribution in [2.45, 2.75) is 45.1 Å². The topological polar surface area (TPSA) is 84.9 Å².